The first-order valence-electron chi connectivity index (χ1n) is 15.8. The van der Waals surface area contributed by atoms with Crippen LogP contribution in [0.3, 0.4) is 0 Å². The summed E-state index contributed by atoms with van der Waals surface area (Å²) >= 11 is 0. The average Bonchev–Trinajstić information content (AvgIpc) is 3.17. The van der Waals surface area contributed by atoms with Crippen LogP contribution in [-0.4, -0.2) is 40.9 Å². The predicted octanol–water partition coefficient (Wildman–Crippen LogP) is 9.47. The van der Waals surface area contributed by atoms with Crippen molar-refractivity contribution in [3.63, 3.8) is 0 Å². The van der Waals surface area contributed by atoms with Crippen LogP contribution in [-0.2, 0) is 0 Å². The lowest BCUT2D eigenvalue weighted by Gasteiger charge is -2.30. The Bertz CT molecular complexity index is 2200. The van der Waals surface area contributed by atoms with E-state index in [1.807, 2.05) is 54.6 Å². The van der Waals surface area contributed by atoms with Gasteiger partial charge in [-0.15, -0.1) is 0 Å². The van der Waals surface area contributed by atoms with Crippen molar-refractivity contribution in [2.24, 2.45) is 0 Å². The topological polar surface area (TPSA) is 165 Å². The van der Waals surface area contributed by atoms with E-state index in [1.54, 1.807) is 72.8 Å². The molecule has 0 heterocycles. The summed E-state index contributed by atoms with van der Waals surface area (Å²) in [4.78, 5) is 0.917. The summed E-state index contributed by atoms with van der Waals surface area (Å²) in [5.74, 6) is -7.02. The maximum Gasteiger partial charge on any atom is 0.186 e. The molecule has 0 aliphatic carbocycles. The van der Waals surface area contributed by atoms with Crippen LogP contribution >= 0.6 is 0 Å². The Kier molecular flexibility index (Phi) is 8.22. The van der Waals surface area contributed by atoms with E-state index in [2.05, 4.69) is 0 Å². The van der Waals surface area contributed by atoms with Crippen LogP contribution in [0.4, 0.5) is 17.1 Å². The number of nitrogens with zero attached hydrogens (tertiary/aromatic N) is 1. The Balaban J connectivity index is 1.42. The summed E-state index contributed by atoms with van der Waals surface area (Å²) in [5, 5.41) is 91.0. The molecule has 0 radical (unpaired) electrons. The third kappa shape index (κ3) is 5.58. The Labute approximate surface area is 292 Å². The zero-order valence-electron chi connectivity index (χ0n) is 26.8. The molecule has 7 aromatic carbocycles. The summed E-state index contributed by atoms with van der Waals surface area (Å²) in [7, 11) is 0. The molecule has 51 heavy (non-hydrogen) atoms. The minimum atomic E-state index is -0.936. The number of hydrogen-bond acceptors (Lipinski definition) is 9. The Morgan fingerprint density at radius 3 is 0.824 bits per heavy atom. The van der Waals surface area contributed by atoms with Crippen molar-refractivity contribution in [2.75, 3.05) is 4.90 Å². The van der Waals surface area contributed by atoms with Crippen molar-refractivity contribution in [1.29, 1.82) is 0 Å². The molecule has 9 heteroatoms. The quantitative estimate of drug-likeness (QED) is 0.0606. The van der Waals surface area contributed by atoms with Crippen LogP contribution in [0.15, 0.2) is 140 Å². The molecule has 0 fully saturated rings. The van der Waals surface area contributed by atoms with Crippen LogP contribution in [0.5, 0.6) is 46.0 Å². The fraction of sp³-hybridized carbons (Fsp3) is 0. The van der Waals surface area contributed by atoms with Crippen LogP contribution < -0.4 is 4.90 Å². The molecule has 0 aliphatic rings. The lowest BCUT2D eigenvalue weighted by Crippen LogP contribution is -2.12. The van der Waals surface area contributed by atoms with Gasteiger partial charge in [0.2, 0.25) is 0 Å². The first-order chi connectivity index (χ1) is 24.7. The van der Waals surface area contributed by atoms with Gasteiger partial charge in [-0.05, 0) is 45.5 Å². The number of phenols is 8. The van der Waals surface area contributed by atoms with E-state index < -0.39 is 57.4 Å². The molecule has 7 rings (SSSR count). The highest BCUT2D eigenvalue weighted by Crippen LogP contribution is 2.63. The van der Waals surface area contributed by atoms with Gasteiger partial charge in [0.05, 0.1) is 11.1 Å². The van der Waals surface area contributed by atoms with Crippen LogP contribution in [0, 0.1) is 0 Å². The van der Waals surface area contributed by atoms with E-state index in [4.69, 9.17) is 0 Å². The SMILES string of the molecule is Oc1c(O)c(N(c2ccc(-c3ccc(-c4ccccc4)cc3)cc2)c2c(O)c(O)c(-c3ccccc3)c(O)c2O)c(O)c(O)c1-c1ccccc1. The minimum absolute atomic E-state index is 0.0772. The predicted molar refractivity (Wildman–Crippen MR) is 196 cm³/mol. The zero-order valence-corrected chi connectivity index (χ0v) is 26.8. The van der Waals surface area contributed by atoms with Gasteiger partial charge in [0.1, 0.15) is 11.4 Å². The van der Waals surface area contributed by atoms with Crippen molar-refractivity contribution < 1.29 is 40.9 Å². The number of anilines is 3. The van der Waals surface area contributed by atoms with Gasteiger partial charge < -0.3 is 40.9 Å². The fourth-order valence-corrected chi connectivity index (χ4v) is 6.21. The van der Waals surface area contributed by atoms with E-state index in [0.29, 0.717) is 0 Å². The monoisotopic (exact) mass is 677 g/mol. The van der Waals surface area contributed by atoms with Crippen molar-refractivity contribution in [3.8, 4) is 90.5 Å². The normalized spacial score (nSPS) is 11.0. The second kappa shape index (κ2) is 13.0. The Hall–Kier alpha value is -7.26. The Morgan fingerprint density at radius 1 is 0.255 bits per heavy atom. The van der Waals surface area contributed by atoms with E-state index in [1.165, 1.54) is 12.1 Å². The molecule has 8 N–H and O–H groups in total. The minimum Gasteiger partial charge on any atom is -0.504 e. The maximum atomic E-state index is 11.5. The lowest BCUT2D eigenvalue weighted by molar-refractivity contribution is 0.372. The second-order valence-electron chi connectivity index (χ2n) is 11.8. The molecule has 0 spiro atoms. The van der Waals surface area contributed by atoms with Crippen molar-refractivity contribution in [3.05, 3.63) is 140 Å². The molecule has 0 saturated carbocycles. The molecule has 0 saturated heterocycles. The van der Waals surface area contributed by atoms with E-state index in [9.17, 15) is 40.9 Å². The van der Waals surface area contributed by atoms with Gasteiger partial charge in [-0.3, -0.25) is 4.90 Å². The van der Waals surface area contributed by atoms with Crippen molar-refractivity contribution in [1.82, 2.24) is 0 Å². The first kappa shape index (κ1) is 32.3. The third-order valence-electron chi connectivity index (χ3n) is 8.76. The lowest BCUT2D eigenvalue weighted by atomic mass is 9.97. The van der Waals surface area contributed by atoms with Gasteiger partial charge in [0.15, 0.2) is 46.0 Å². The standard InChI is InChI=1S/C42H31NO8/c44-35-31(28-12-6-2-7-13-28)36(45)40(49)33(39(35)48)43(34-41(50)37(46)32(38(47)42(34)51)29-14-8-3-9-15-29)30-22-20-27(21-23-30)26-18-16-25(17-19-26)24-10-4-1-5-11-24/h1-23,44-51H. The molecule has 9 nitrogen and oxygen atoms in total. The van der Waals surface area contributed by atoms with Crippen LogP contribution in [0.2, 0.25) is 0 Å². The van der Waals surface area contributed by atoms with Crippen LogP contribution in [0.1, 0.15) is 0 Å². The van der Waals surface area contributed by atoms with E-state index in [-0.39, 0.29) is 27.9 Å². The Morgan fingerprint density at radius 2 is 0.510 bits per heavy atom. The summed E-state index contributed by atoms with van der Waals surface area (Å²) in [6, 6.07) is 40.4. The number of benzene rings is 7. The highest BCUT2D eigenvalue weighted by Gasteiger charge is 2.35. The maximum absolute atomic E-state index is 11.5. The number of phenolic OH excluding ortho intramolecular Hbond substituents is 8. The van der Waals surface area contributed by atoms with Crippen LogP contribution in [0.25, 0.3) is 44.5 Å². The molecule has 0 aromatic heterocycles. The zero-order chi connectivity index (χ0) is 35.8. The number of rotatable bonds is 7. The molecule has 0 atom stereocenters. The fourth-order valence-electron chi connectivity index (χ4n) is 6.21. The highest BCUT2D eigenvalue weighted by molar-refractivity contribution is 6.00. The molecule has 7 aromatic rings. The molecule has 0 bridgehead atoms. The second-order valence-corrected chi connectivity index (χ2v) is 11.8. The van der Waals surface area contributed by atoms with Crippen molar-refractivity contribution in [2.45, 2.75) is 0 Å². The molecule has 0 amide bonds. The molecular weight excluding hydrogens is 646 g/mol. The molecule has 252 valence electrons. The summed E-state index contributed by atoms with van der Waals surface area (Å²) in [6.07, 6.45) is 0. The van der Waals surface area contributed by atoms with Gasteiger partial charge in [0, 0.05) is 5.69 Å². The van der Waals surface area contributed by atoms with Gasteiger partial charge in [-0.2, -0.15) is 0 Å². The van der Waals surface area contributed by atoms with Gasteiger partial charge in [-0.1, -0.05) is 127 Å². The third-order valence-corrected chi connectivity index (χ3v) is 8.76. The van der Waals surface area contributed by atoms with E-state index >= 15 is 0 Å². The summed E-state index contributed by atoms with van der Waals surface area (Å²) in [5.41, 5.74) is 2.43. The van der Waals surface area contributed by atoms with E-state index in [0.717, 1.165) is 27.2 Å². The first-order valence-corrected chi connectivity index (χ1v) is 15.8. The highest BCUT2D eigenvalue weighted by atomic mass is 16.3. The molecular formula is C42H31NO8. The molecule has 0 unspecified atom stereocenters. The largest absolute Gasteiger partial charge is 0.504 e. The summed E-state index contributed by atoms with van der Waals surface area (Å²) < 4.78 is 0. The number of hydrogen-bond donors (Lipinski definition) is 8. The smallest absolute Gasteiger partial charge is 0.186 e. The summed E-state index contributed by atoms with van der Waals surface area (Å²) in [6.45, 7) is 0. The average molecular weight is 678 g/mol. The van der Waals surface area contributed by atoms with Gasteiger partial charge in [0.25, 0.3) is 0 Å². The number of aromatic hydroxyl groups is 8. The molecule has 0 aliphatic heterocycles. The van der Waals surface area contributed by atoms with Gasteiger partial charge >= 0.3 is 0 Å². The van der Waals surface area contributed by atoms with Gasteiger partial charge in [-0.25, -0.2) is 0 Å². The van der Waals surface area contributed by atoms with Crippen molar-refractivity contribution >= 4 is 17.1 Å².